The van der Waals surface area contributed by atoms with E-state index in [0.29, 0.717) is 5.69 Å². The first-order chi connectivity index (χ1) is 7.50. The number of nitrogens with two attached hydrogens (primary N) is 1. The lowest BCUT2D eigenvalue weighted by molar-refractivity contribution is -0.138. The van der Waals surface area contributed by atoms with E-state index in [4.69, 9.17) is 10.8 Å². The highest BCUT2D eigenvalue weighted by Gasteiger charge is 2.17. The first-order valence-electron chi connectivity index (χ1n) is 4.69. The molecule has 1 atom stereocenters. The molecule has 0 aliphatic heterocycles. The second kappa shape index (κ2) is 5.22. The molecule has 6 heteroatoms. The largest absolute Gasteiger partial charge is 0.481 e. The highest BCUT2D eigenvalue weighted by atomic mass is 16.4. The topological polar surface area (TPSA) is 105 Å². The molecule has 0 fully saturated rings. The van der Waals surface area contributed by atoms with Gasteiger partial charge in [0.15, 0.2) is 0 Å². The number of amides is 1. The zero-order valence-electron chi connectivity index (χ0n) is 8.80. The van der Waals surface area contributed by atoms with Gasteiger partial charge < -0.3 is 16.2 Å². The smallest absolute Gasteiger partial charge is 0.305 e. The fourth-order valence-corrected chi connectivity index (χ4v) is 1.10. The highest BCUT2D eigenvalue weighted by molar-refractivity contribution is 5.96. The number of aromatic nitrogens is 1. The van der Waals surface area contributed by atoms with Crippen LogP contribution in [0.25, 0.3) is 0 Å². The average Bonchev–Trinajstić information content (AvgIpc) is 2.20. The fraction of sp³-hybridized carbons (Fsp3) is 0.300. The van der Waals surface area contributed by atoms with Gasteiger partial charge in [-0.2, -0.15) is 0 Å². The van der Waals surface area contributed by atoms with Crippen LogP contribution in [0.1, 0.15) is 12.0 Å². The van der Waals surface area contributed by atoms with E-state index in [2.05, 4.69) is 10.3 Å². The van der Waals surface area contributed by atoms with E-state index < -0.39 is 24.3 Å². The third-order valence-electron chi connectivity index (χ3n) is 2.03. The molecule has 16 heavy (non-hydrogen) atoms. The van der Waals surface area contributed by atoms with Gasteiger partial charge in [0.05, 0.1) is 24.3 Å². The van der Waals surface area contributed by atoms with E-state index in [-0.39, 0.29) is 0 Å². The molecule has 1 heterocycles. The summed E-state index contributed by atoms with van der Waals surface area (Å²) in [6.45, 7) is 1.81. The Kier molecular flexibility index (Phi) is 3.96. The summed E-state index contributed by atoms with van der Waals surface area (Å²) in [5.74, 6) is -1.64. The average molecular weight is 223 g/mol. The molecule has 0 bridgehead atoms. The zero-order valence-corrected chi connectivity index (χ0v) is 8.80. The Labute approximate surface area is 92.5 Å². The maximum absolute atomic E-state index is 11.5. The zero-order chi connectivity index (χ0) is 12.1. The van der Waals surface area contributed by atoms with Crippen LogP contribution in [0.5, 0.6) is 0 Å². The lowest BCUT2D eigenvalue weighted by atomic mass is 10.2. The summed E-state index contributed by atoms with van der Waals surface area (Å²) in [7, 11) is 0. The van der Waals surface area contributed by atoms with Gasteiger partial charge in [0.1, 0.15) is 0 Å². The molecule has 6 nitrogen and oxygen atoms in total. The number of carboxylic acid groups (broad SMARTS) is 1. The SMILES string of the molecule is Cc1ccncc1NC(=O)C(N)CC(=O)O. The Morgan fingerprint density at radius 1 is 1.62 bits per heavy atom. The number of carbonyl (C=O) groups is 2. The monoisotopic (exact) mass is 223 g/mol. The number of hydrogen-bond donors (Lipinski definition) is 3. The summed E-state index contributed by atoms with van der Waals surface area (Å²) < 4.78 is 0. The van der Waals surface area contributed by atoms with Gasteiger partial charge in [0, 0.05) is 6.20 Å². The van der Waals surface area contributed by atoms with Gasteiger partial charge in [0.25, 0.3) is 0 Å². The van der Waals surface area contributed by atoms with E-state index in [1.807, 2.05) is 0 Å². The Morgan fingerprint density at radius 2 is 2.31 bits per heavy atom. The highest BCUT2D eigenvalue weighted by Crippen LogP contribution is 2.11. The second-order valence-corrected chi connectivity index (χ2v) is 3.38. The van der Waals surface area contributed by atoms with Crippen LogP contribution in [0.2, 0.25) is 0 Å². The van der Waals surface area contributed by atoms with Crippen molar-refractivity contribution in [1.82, 2.24) is 4.98 Å². The predicted molar refractivity (Wildman–Crippen MR) is 57.8 cm³/mol. The quantitative estimate of drug-likeness (QED) is 0.672. The van der Waals surface area contributed by atoms with Gasteiger partial charge >= 0.3 is 5.97 Å². The van der Waals surface area contributed by atoms with Crippen LogP contribution in [0.3, 0.4) is 0 Å². The Morgan fingerprint density at radius 3 is 2.88 bits per heavy atom. The number of carboxylic acids is 1. The summed E-state index contributed by atoms with van der Waals surface area (Å²) in [6, 6.07) is 0.676. The number of pyridine rings is 1. The molecule has 4 N–H and O–H groups in total. The van der Waals surface area contributed by atoms with Crippen molar-refractivity contribution in [3.8, 4) is 0 Å². The summed E-state index contributed by atoms with van der Waals surface area (Å²) in [5.41, 5.74) is 6.78. The van der Waals surface area contributed by atoms with Crippen LogP contribution in [0, 0.1) is 6.92 Å². The first kappa shape index (κ1) is 12.1. The molecule has 0 aliphatic carbocycles. The molecule has 0 aliphatic rings. The number of carbonyl (C=O) groups excluding carboxylic acids is 1. The molecular formula is C10H13N3O3. The van der Waals surface area contributed by atoms with Crippen LogP contribution < -0.4 is 11.1 Å². The minimum Gasteiger partial charge on any atom is -0.481 e. The summed E-state index contributed by atoms with van der Waals surface area (Å²) >= 11 is 0. The number of nitrogens with one attached hydrogen (secondary N) is 1. The van der Waals surface area contributed by atoms with E-state index >= 15 is 0 Å². The normalized spacial score (nSPS) is 11.9. The first-order valence-corrected chi connectivity index (χ1v) is 4.69. The summed E-state index contributed by atoms with van der Waals surface area (Å²) in [4.78, 5) is 25.7. The van der Waals surface area contributed by atoms with E-state index in [1.165, 1.54) is 6.20 Å². The minimum atomic E-state index is -1.11. The third-order valence-corrected chi connectivity index (χ3v) is 2.03. The molecule has 86 valence electrons. The second-order valence-electron chi connectivity index (χ2n) is 3.38. The van der Waals surface area contributed by atoms with Crippen LogP contribution >= 0.6 is 0 Å². The van der Waals surface area contributed by atoms with Crippen molar-refractivity contribution in [2.75, 3.05) is 5.32 Å². The number of nitrogens with zero attached hydrogens (tertiary/aromatic N) is 1. The summed E-state index contributed by atoms with van der Waals surface area (Å²) in [6.07, 6.45) is 2.69. The molecule has 0 saturated heterocycles. The van der Waals surface area contributed by atoms with E-state index in [1.54, 1.807) is 19.2 Å². The van der Waals surface area contributed by atoms with Crippen molar-refractivity contribution in [3.63, 3.8) is 0 Å². The van der Waals surface area contributed by atoms with E-state index in [0.717, 1.165) is 5.56 Å². The molecule has 1 aromatic rings. The van der Waals surface area contributed by atoms with E-state index in [9.17, 15) is 9.59 Å². The number of anilines is 1. The molecule has 1 rings (SSSR count). The van der Waals surface area contributed by atoms with Crippen molar-refractivity contribution >= 4 is 17.6 Å². The minimum absolute atomic E-state index is 0.398. The van der Waals surface area contributed by atoms with Gasteiger partial charge in [-0.3, -0.25) is 14.6 Å². The van der Waals surface area contributed by atoms with Gasteiger partial charge in [-0.05, 0) is 18.6 Å². The number of aryl methyl sites for hydroxylation is 1. The van der Waals surface area contributed by atoms with Crippen LogP contribution in [-0.4, -0.2) is 28.0 Å². The Balaban J connectivity index is 2.64. The van der Waals surface area contributed by atoms with Gasteiger partial charge in [-0.25, -0.2) is 0 Å². The molecule has 0 aromatic carbocycles. The molecule has 1 amide bonds. The van der Waals surface area contributed by atoms with Crippen molar-refractivity contribution in [3.05, 3.63) is 24.0 Å². The van der Waals surface area contributed by atoms with Crippen molar-refractivity contribution in [2.24, 2.45) is 5.73 Å². The lowest BCUT2D eigenvalue weighted by Crippen LogP contribution is -2.37. The van der Waals surface area contributed by atoms with Crippen LogP contribution in [0.15, 0.2) is 18.5 Å². The van der Waals surface area contributed by atoms with Crippen molar-refractivity contribution < 1.29 is 14.7 Å². The molecular weight excluding hydrogens is 210 g/mol. The summed E-state index contributed by atoms with van der Waals surface area (Å²) in [5, 5.41) is 11.0. The number of rotatable bonds is 4. The Bertz CT molecular complexity index is 406. The van der Waals surface area contributed by atoms with Gasteiger partial charge in [-0.1, -0.05) is 0 Å². The molecule has 0 spiro atoms. The van der Waals surface area contributed by atoms with Crippen molar-refractivity contribution in [2.45, 2.75) is 19.4 Å². The van der Waals surface area contributed by atoms with Gasteiger partial charge in [0.2, 0.25) is 5.91 Å². The maximum atomic E-state index is 11.5. The lowest BCUT2D eigenvalue weighted by Gasteiger charge is -2.11. The van der Waals surface area contributed by atoms with Crippen LogP contribution in [-0.2, 0) is 9.59 Å². The van der Waals surface area contributed by atoms with Crippen molar-refractivity contribution in [1.29, 1.82) is 0 Å². The maximum Gasteiger partial charge on any atom is 0.305 e. The van der Waals surface area contributed by atoms with Gasteiger partial charge in [-0.15, -0.1) is 0 Å². The third kappa shape index (κ3) is 3.32. The Hall–Kier alpha value is -1.95. The molecule has 0 saturated carbocycles. The van der Waals surface area contributed by atoms with Crippen LogP contribution in [0.4, 0.5) is 5.69 Å². The predicted octanol–water partition coefficient (Wildman–Crippen LogP) is 0.131. The molecule has 1 unspecified atom stereocenters. The number of aliphatic carboxylic acids is 1. The molecule has 1 aromatic heterocycles. The molecule has 0 radical (unpaired) electrons. The fourth-order valence-electron chi connectivity index (χ4n) is 1.10. The number of hydrogen-bond acceptors (Lipinski definition) is 4. The standard InChI is InChI=1S/C10H13N3O3/c1-6-2-3-12-5-8(6)13-10(16)7(11)4-9(14)15/h2-3,5,7H,4,11H2,1H3,(H,13,16)(H,14,15).